The molecule has 1 aliphatic rings. The zero-order valence-electron chi connectivity index (χ0n) is 9.82. The Hall–Kier alpha value is -0.560. The third kappa shape index (κ3) is 3.01. The Bertz CT molecular complexity index is 403. The lowest BCUT2D eigenvalue weighted by atomic mass is 9.93. The lowest BCUT2D eigenvalue weighted by Crippen LogP contribution is -2.43. The lowest BCUT2D eigenvalue weighted by molar-refractivity contribution is 0.0462. The quantitative estimate of drug-likeness (QED) is 0.802. The van der Waals surface area contributed by atoms with Crippen LogP contribution in [-0.2, 0) is 0 Å². The average molecular weight is 348 g/mol. The number of nitrogens with zero attached hydrogens (tertiary/aromatic N) is 1. The molecule has 1 aromatic heterocycles. The first kappa shape index (κ1) is 12.9. The number of aromatic nitrogens is 1. The summed E-state index contributed by atoms with van der Waals surface area (Å²) in [6.45, 7) is 3.25. The van der Waals surface area contributed by atoms with Crippen LogP contribution < -0.4 is 0 Å². The molecule has 2 heterocycles. The molecule has 1 amide bonds. The average Bonchev–Trinajstić information content (AvgIpc) is 2.75. The zero-order valence-corrected chi connectivity index (χ0v) is 12.0. The summed E-state index contributed by atoms with van der Waals surface area (Å²) in [4.78, 5) is 17.0. The van der Waals surface area contributed by atoms with Crippen LogP contribution in [0.15, 0.2) is 12.3 Å². The molecule has 0 bridgehead atoms. The molecular formula is C12H17IN2O2. The number of aliphatic hydroxyl groups is 1. The van der Waals surface area contributed by atoms with Gasteiger partial charge in [0.05, 0.1) is 6.10 Å². The first-order valence-corrected chi connectivity index (χ1v) is 6.97. The number of piperidine rings is 1. The molecule has 17 heavy (non-hydrogen) atoms. The van der Waals surface area contributed by atoms with Gasteiger partial charge in [-0.2, -0.15) is 0 Å². The highest BCUT2D eigenvalue weighted by Crippen LogP contribution is 2.21. The van der Waals surface area contributed by atoms with E-state index in [1.165, 1.54) is 0 Å². The highest BCUT2D eigenvalue weighted by atomic mass is 127. The van der Waals surface area contributed by atoms with Crippen LogP contribution in [0.2, 0.25) is 0 Å². The molecule has 0 saturated carbocycles. The van der Waals surface area contributed by atoms with Crippen molar-refractivity contribution in [3.8, 4) is 0 Å². The van der Waals surface area contributed by atoms with E-state index < -0.39 is 0 Å². The van der Waals surface area contributed by atoms with Gasteiger partial charge in [-0.25, -0.2) is 0 Å². The van der Waals surface area contributed by atoms with Gasteiger partial charge in [-0.05, 0) is 48.4 Å². The Morgan fingerprint density at radius 1 is 1.71 bits per heavy atom. The Labute approximate surface area is 115 Å². The SMILES string of the molecule is CC(O)C1CCCN(C(=O)c2cc(I)c[nH]2)C1. The van der Waals surface area contributed by atoms with Crippen LogP contribution in [0.5, 0.6) is 0 Å². The molecule has 4 nitrogen and oxygen atoms in total. The van der Waals surface area contributed by atoms with Crippen molar-refractivity contribution < 1.29 is 9.90 Å². The summed E-state index contributed by atoms with van der Waals surface area (Å²) in [6.07, 6.45) is 3.46. The number of hydrogen-bond donors (Lipinski definition) is 2. The topological polar surface area (TPSA) is 56.3 Å². The van der Waals surface area contributed by atoms with E-state index in [2.05, 4.69) is 27.6 Å². The Morgan fingerprint density at radius 3 is 3.06 bits per heavy atom. The Kier molecular flexibility index (Phi) is 4.09. The van der Waals surface area contributed by atoms with Gasteiger partial charge < -0.3 is 15.0 Å². The van der Waals surface area contributed by atoms with Gasteiger partial charge in [0.25, 0.3) is 5.91 Å². The summed E-state index contributed by atoms with van der Waals surface area (Å²) in [5.41, 5.74) is 0.639. The number of nitrogens with one attached hydrogen (secondary N) is 1. The van der Waals surface area contributed by atoms with Gasteiger partial charge in [-0.3, -0.25) is 4.79 Å². The Balaban J connectivity index is 2.04. The lowest BCUT2D eigenvalue weighted by Gasteiger charge is -2.33. The summed E-state index contributed by atoms with van der Waals surface area (Å²) < 4.78 is 1.04. The summed E-state index contributed by atoms with van der Waals surface area (Å²) in [7, 11) is 0. The minimum Gasteiger partial charge on any atom is -0.393 e. The second kappa shape index (κ2) is 5.39. The molecule has 1 aromatic rings. The summed E-state index contributed by atoms with van der Waals surface area (Å²) >= 11 is 2.18. The van der Waals surface area contributed by atoms with Crippen molar-refractivity contribution in [2.24, 2.45) is 5.92 Å². The monoisotopic (exact) mass is 348 g/mol. The van der Waals surface area contributed by atoms with E-state index in [1.54, 1.807) is 6.92 Å². The fraction of sp³-hybridized carbons (Fsp3) is 0.583. The van der Waals surface area contributed by atoms with Crippen LogP contribution in [0.25, 0.3) is 0 Å². The van der Waals surface area contributed by atoms with Crippen molar-refractivity contribution in [2.75, 3.05) is 13.1 Å². The molecule has 1 aliphatic heterocycles. The maximum atomic E-state index is 12.2. The number of rotatable bonds is 2. The number of halogens is 1. The molecule has 0 aliphatic carbocycles. The molecule has 1 fully saturated rings. The number of aliphatic hydroxyl groups excluding tert-OH is 1. The zero-order chi connectivity index (χ0) is 12.4. The first-order chi connectivity index (χ1) is 8.08. The van der Waals surface area contributed by atoms with Crippen molar-refractivity contribution in [2.45, 2.75) is 25.9 Å². The van der Waals surface area contributed by atoms with E-state index in [9.17, 15) is 9.90 Å². The van der Waals surface area contributed by atoms with Gasteiger partial charge in [-0.1, -0.05) is 0 Å². The summed E-state index contributed by atoms with van der Waals surface area (Å²) in [5, 5.41) is 9.60. The molecule has 0 spiro atoms. The summed E-state index contributed by atoms with van der Waals surface area (Å²) in [6, 6.07) is 1.86. The van der Waals surface area contributed by atoms with Gasteiger partial charge in [0, 0.05) is 28.8 Å². The molecule has 1 saturated heterocycles. The van der Waals surface area contributed by atoms with E-state index in [4.69, 9.17) is 0 Å². The molecule has 2 rings (SSSR count). The molecule has 5 heteroatoms. The van der Waals surface area contributed by atoms with Crippen molar-refractivity contribution in [3.05, 3.63) is 21.5 Å². The molecular weight excluding hydrogens is 331 g/mol. The van der Waals surface area contributed by atoms with Gasteiger partial charge >= 0.3 is 0 Å². The van der Waals surface area contributed by atoms with Gasteiger partial charge in [0.2, 0.25) is 0 Å². The number of aromatic amines is 1. The van der Waals surface area contributed by atoms with E-state index in [1.807, 2.05) is 17.2 Å². The van der Waals surface area contributed by atoms with Crippen molar-refractivity contribution in [1.82, 2.24) is 9.88 Å². The maximum Gasteiger partial charge on any atom is 0.270 e. The second-order valence-corrected chi connectivity index (χ2v) is 5.87. The normalized spacial score (nSPS) is 22.5. The fourth-order valence-electron chi connectivity index (χ4n) is 2.25. The Morgan fingerprint density at radius 2 is 2.47 bits per heavy atom. The van der Waals surface area contributed by atoms with Crippen LogP contribution in [0.4, 0.5) is 0 Å². The van der Waals surface area contributed by atoms with Crippen molar-refractivity contribution in [1.29, 1.82) is 0 Å². The highest BCUT2D eigenvalue weighted by Gasteiger charge is 2.27. The minimum absolute atomic E-state index is 0.0401. The maximum absolute atomic E-state index is 12.2. The van der Waals surface area contributed by atoms with Crippen LogP contribution in [0, 0.1) is 9.49 Å². The highest BCUT2D eigenvalue weighted by molar-refractivity contribution is 14.1. The predicted molar refractivity (Wildman–Crippen MR) is 73.8 cm³/mol. The van der Waals surface area contributed by atoms with Gasteiger partial charge in [0.15, 0.2) is 0 Å². The molecule has 94 valence electrons. The number of carbonyl (C=O) groups excluding carboxylic acids is 1. The third-order valence-corrected chi connectivity index (χ3v) is 3.93. The van der Waals surface area contributed by atoms with Crippen molar-refractivity contribution >= 4 is 28.5 Å². The van der Waals surface area contributed by atoms with Gasteiger partial charge in [0.1, 0.15) is 5.69 Å². The van der Waals surface area contributed by atoms with Crippen LogP contribution in [0.3, 0.4) is 0 Å². The van der Waals surface area contributed by atoms with Crippen LogP contribution >= 0.6 is 22.6 Å². The molecule has 2 unspecified atom stereocenters. The molecule has 0 radical (unpaired) electrons. The predicted octanol–water partition coefficient (Wildman–Crippen LogP) is 1.85. The number of likely N-dealkylation sites (tertiary alicyclic amines) is 1. The summed E-state index contributed by atoms with van der Waals surface area (Å²) in [5.74, 6) is 0.250. The van der Waals surface area contributed by atoms with E-state index >= 15 is 0 Å². The largest absolute Gasteiger partial charge is 0.393 e. The van der Waals surface area contributed by atoms with E-state index in [0.717, 1.165) is 23.0 Å². The first-order valence-electron chi connectivity index (χ1n) is 5.89. The fourth-order valence-corrected chi connectivity index (χ4v) is 2.72. The van der Waals surface area contributed by atoms with Gasteiger partial charge in [-0.15, -0.1) is 0 Å². The van der Waals surface area contributed by atoms with E-state index in [-0.39, 0.29) is 17.9 Å². The second-order valence-electron chi connectivity index (χ2n) is 4.63. The van der Waals surface area contributed by atoms with Crippen LogP contribution in [-0.4, -0.2) is 40.1 Å². The third-order valence-electron chi connectivity index (χ3n) is 3.31. The number of H-pyrrole nitrogens is 1. The molecule has 0 aromatic carbocycles. The molecule has 2 N–H and O–H groups in total. The smallest absolute Gasteiger partial charge is 0.270 e. The van der Waals surface area contributed by atoms with Crippen molar-refractivity contribution in [3.63, 3.8) is 0 Å². The minimum atomic E-state index is -0.339. The number of hydrogen-bond acceptors (Lipinski definition) is 2. The number of carbonyl (C=O) groups is 1. The van der Waals surface area contributed by atoms with Crippen LogP contribution in [0.1, 0.15) is 30.3 Å². The van der Waals surface area contributed by atoms with E-state index in [0.29, 0.717) is 12.2 Å². The number of amides is 1. The standard InChI is InChI=1S/C12H17IN2O2/c1-8(16)9-3-2-4-15(7-9)12(17)11-5-10(13)6-14-11/h5-6,8-9,14,16H,2-4,7H2,1H3. The molecule has 2 atom stereocenters.